The summed E-state index contributed by atoms with van der Waals surface area (Å²) in [6.45, 7) is 4.60. The van der Waals surface area contributed by atoms with Gasteiger partial charge in [-0.3, -0.25) is 0 Å². The number of ether oxygens (including phenoxy) is 1. The Morgan fingerprint density at radius 3 is 2.25 bits per heavy atom. The molecule has 106 valence electrons. The number of phenolic OH excluding ortho intramolecular Hbond substituents is 1. The lowest BCUT2D eigenvalue weighted by Gasteiger charge is -2.08. The van der Waals surface area contributed by atoms with E-state index in [9.17, 15) is 5.11 Å². The van der Waals surface area contributed by atoms with Crippen LogP contribution in [-0.2, 0) is 13.2 Å². The van der Waals surface area contributed by atoms with Crippen LogP contribution in [0.5, 0.6) is 11.5 Å². The Kier molecular flexibility index (Phi) is 5.44. The first kappa shape index (κ1) is 14.4. The van der Waals surface area contributed by atoms with Crippen molar-refractivity contribution in [3.8, 4) is 11.5 Å². The smallest absolute Gasteiger partial charge is 0.119 e. The zero-order valence-electron chi connectivity index (χ0n) is 11.8. The molecule has 0 radical (unpaired) electrons. The minimum absolute atomic E-state index is 0.276. The summed E-state index contributed by atoms with van der Waals surface area (Å²) in [5.74, 6) is 1.13. The Morgan fingerprint density at radius 1 is 0.950 bits per heavy atom. The maximum atomic E-state index is 9.21. The Morgan fingerprint density at radius 2 is 1.60 bits per heavy atom. The molecule has 0 spiro atoms. The normalized spacial score (nSPS) is 10.4. The summed E-state index contributed by atoms with van der Waals surface area (Å²) in [5, 5.41) is 12.6. The van der Waals surface area contributed by atoms with E-state index in [4.69, 9.17) is 4.74 Å². The average molecular weight is 271 g/mol. The molecule has 0 aliphatic carbocycles. The minimum Gasteiger partial charge on any atom is -0.508 e. The lowest BCUT2D eigenvalue weighted by Crippen LogP contribution is -2.13. The molecule has 3 nitrogen and oxygen atoms in total. The number of rotatable bonds is 7. The second-order valence-corrected chi connectivity index (χ2v) is 4.78. The highest BCUT2D eigenvalue weighted by Gasteiger charge is 1.98. The number of phenols is 1. The van der Waals surface area contributed by atoms with Gasteiger partial charge in [0.1, 0.15) is 18.1 Å². The third-order valence-corrected chi connectivity index (χ3v) is 3.02. The van der Waals surface area contributed by atoms with E-state index in [1.54, 1.807) is 12.1 Å². The largest absolute Gasteiger partial charge is 0.508 e. The van der Waals surface area contributed by atoms with Crippen molar-refractivity contribution in [1.82, 2.24) is 5.32 Å². The van der Waals surface area contributed by atoms with Gasteiger partial charge in [-0.1, -0.05) is 31.2 Å². The van der Waals surface area contributed by atoms with Crippen LogP contribution < -0.4 is 10.1 Å². The summed E-state index contributed by atoms with van der Waals surface area (Å²) >= 11 is 0. The van der Waals surface area contributed by atoms with E-state index >= 15 is 0 Å². The van der Waals surface area contributed by atoms with Crippen molar-refractivity contribution in [3.63, 3.8) is 0 Å². The summed E-state index contributed by atoms with van der Waals surface area (Å²) in [7, 11) is 0. The fourth-order valence-corrected chi connectivity index (χ4v) is 1.87. The number of hydrogen-bond donors (Lipinski definition) is 2. The molecular formula is C17H21NO2. The van der Waals surface area contributed by atoms with Crippen LogP contribution in [0.2, 0.25) is 0 Å². The molecule has 0 saturated carbocycles. The van der Waals surface area contributed by atoms with Gasteiger partial charge in [0, 0.05) is 6.54 Å². The molecule has 3 heteroatoms. The SMILES string of the molecule is CCCNCc1ccc(OCc2ccc(O)cc2)cc1. The Hall–Kier alpha value is -2.00. The quantitative estimate of drug-likeness (QED) is 0.758. The predicted octanol–water partition coefficient (Wildman–Crippen LogP) is 3.47. The van der Waals surface area contributed by atoms with Gasteiger partial charge in [0.2, 0.25) is 0 Å². The number of nitrogens with one attached hydrogen (secondary N) is 1. The second kappa shape index (κ2) is 7.56. The zero-order valence-corrected chi connectivity index (χ0v) is 11.8. The van der Waals surface area contributed by atoms with Gasteiger partial charge in [-0.2, -0.15) is 0 Å². The van der Waals surface area contributed by atoms with Crippen molar-refractivity contribution in [2.45, 2.75) is 26.5 Å². The summed E-state index contributed by atoms with van der Waals surface area (Å²) in [6.07, 6.45) is 1.15. The molecule has 0 unspecified atom stereocenters. The summed E-state index contributed by atoms with van der Waals surface area (Å²) in [6, 6.07) is 15.2. The molecule has 0 amide bonds. The van der Waals surface area contributed by atoms with Gasteiger partial charge in [0.05, 0.1) is 0 Å². The molecule has 0 aliphatic rings. The predicted molar refractivity (Wildman–Crippen MR) is 80.9 cm³/mol. The molecule has 0 atom stereocenters. The molecule has 2 aromatic carbocycles. The molecule has 2 rings (SSSR count). The van der Waals surface area contributed by atoms with Crippen LogP contribution >= 0.6 is 0 Å². The zero-order chi connectivity index (χ0) is 14.2. The van der Waals surface area contributed by atoms with Crippen molar-refractivity contribution in [2.24, 2.45) is 0 Å². The van der Waals surface area contributed by atoms with Gasteiger partial charge < -0.3 is 15.2 Å². The first-order valence-corrected chi connectivity index (χ1v) is 6.98. The van der Waals surface area contributed by atoms with E-state index < -0.39 is 0 Å². The van der Waals surface area contributed by atoms with E-state index in [1.165, 1.54) is 5.56 Å². The standard InChI is InChI=1S/C17H21NO2/c1-2-11-18-12-14-5-9-17(10-6-14)20-13-15-3-7-16(19)8-4-15/h3-10,18-19H,2,11-13H2,1H3. The van der Waals surface area contributed by atoms with Crippen LogP contribution in [0.15, 0.2) is 48.5 Å². The van der Waals surface area contributed by atoms with Gasteiger partial charge >= 0.3 is 0 Å². The third kappa shape index (κ3) is 4.59. The van der Waals surface area contributed by atoms with Gasteiger partial charge in [0.25, 0.3) is 0 Å². The van der Waals surface area contributed by atoms with Gasteiger partial charge in [-0.15, -0.1) is 0 Å². The van der Waals surface area contributed by atoms with Crippen molar-refractivity contribution < 1.29 is 9.84 Å². The summed E-state index contributed by atoms with van der Waals surface area (Å²) in [4.78, 5) is 0. The van der Waals surface area contributed by atoms with E-state index in [1.807, 2.05) is 24.3 Å². The summed E-state index contributed by atoms with van der Waals surface area (Å²) < 4.78 is 5.71. The molecule has 2 aromatic rings. The fraction of sp³-hybridized carbons (Fsp3) is 0.294. The second-order valence-electron chi connectivity index (χ2n) is 4.78. The highest BCUT2D eigenvalue weighted by atomic mass is 16.5. The van der Waals surface area contributed by atoms with Crippen LogP contribution in [0.1, 0.15) is 24.5 Å². The molecule has 2 N–H and O–H groups in total. The molecule has 0 fully saturated rings. The first-order chi connectivity index (χ1) is 9.78. The molecular weight excluding hydrogens is 250 g/mol. The van der Waals surface area contributed by atoms with E-state index in [0.717, 1.165) is 30.8 Å². The van der Waals surface area contributed by atoms with Crippen molar-refractivity contribution in [3.05, 3.63) is 59.7 Å². The number of aromatic hydroxyl groups is 1. The summed E-state index contributed by atoms with van der Waals surface area (Å²) in [5.41, 5.74) is 2.30. The highest BCUT2D eigenvalue weighted by molar-refractivity contribution is 5.29. The Balaban J connectivity index is 1.82. The third-order valence-electron chi connectivity index (χ3n) is 3.02. The highest BCUT2D eigenvalue weighted by Crippen LogP contribution is 2.15. The van der Waals surface area contributed by atoms with Gasteiger partial charge in [-0.05, 0) is 48.4 Å². The molecule has 0 aliphatic heterocycles. The van der Waals surface area contributed by atoms with Gasteiger partial charge in [0.15, 0.2) is 0 Å². The monoisotopic (exact) mass is 271 g/mol. The molecule has 0 saturated heterocycles. The molecule has 0 heterocycles. The topological polar surface area (TPSA) is 41.5 Å². The lowest BCUT2D eigenvalue weighted by molar-refractivity contribution is 0.306. The maximum Gasteiger partial charge on any atom is 0.119 e. The Labute approximate surface area is 120 Å². The lowest BCUT2D eigenvalue weighted by atomic mass is 10.2. The van der Waals surface area contributed by atoms with Crippen LogP contribution in [0, 0.1) is 0 Å². The van der Waals surface area contributed by atoms with Crippen LogP contribution in [-0.4, -0.2) is 11.7 Å². The van der Waals surface area contributed by atoms with E-state index in [2.05, 4.69) is 24.4 Å². The van der Waals surface area contributed by atoms with E-state index in [0.29, 0.717) is 6.61 Å². The minimum atomic E-state index is 0.276. The first-order valence-electron chi connectivity index (χ1n) is 6.98. The Bertz CT molecular complexity index is 506. The fourth-order valence-electron chi connectivity index (χ4n) is 1.87. The van der Waals surface area contributed by atoms with Crippen LogP contribution in [0.3, 0.4) is 0 Å². The van der Waals surface area contributed by atoms with Crippen LogP contribution in [0.4, 0.5) is 0 Å². The number of benzene rings is 2. The molecule has 0 aromatic heterocycles. The van der Waals surface area contributed by atoms with Crippen molar-refractivity contribution >= 4 is 0 Å². The van der Waals surface area contributed by atoms with Crippen LogP contribution in [0.25, 0.3) is 0 Å². The van der Waals surface area contributed by atoms with Crippen molar-refractivity contribution in [2.75, 3.05) is 6.54 Å². The van der Waals surface area contributed by atoms with Gasteiger partial charge in [-0.25, -0.2) is 0 Å². The van der Waals surface area contributed by atoms with E-state index in [-0.39, 0.29) is 5.75 Å². The van der Waals surface area contributed by atoms with Crippen molar-refractivity contribution in [1.29, 1.82) is 0 Å². The molecule has 0 bridgehead atoms. The number of hydrogen-bond acceptors (Lipinski definition) is 3. The maximum absolute atomic E-state index is 9.21. The molecule has 20 heavy (non-hydrogen) atoms. The average Bonchev–Trinajstić information content (AvgIpc) is 2.48.